The number of halogens is 3. The van der Waals surface area contributed by atoms with E-state index in [1.165, 1.54) is 24.3 Å². The maximum absolute atomic E-state index is 12.3. The van der Waals surface area contributed by atoms with Gasteiger partial charge in [0.2, 0.25) is 12.1 Å². The SMILES string of the molecule is CN[C@@H]1[C@H](O)[C@H](NC)C2O[C@]3(O)[C@H](OC2[C@H]1O)O[C@H](C)CC3(O)CNCCc1ccc(OC(F)(F)F)cc1. The predicted molar refractivity (Wildman–Crippen MR) is 126 cm³/mol. The van der Waals surface area contributed by atoms with Gasteiger partial charge in [-0.05, 0) is 51.7 Å². The number of likely N-dealkylation sites (N-methyl/N-ethyl adjacent to an activating group) is 2. The zero-order valence-electron chi connectivity index (χ0n) is 21.3. The van der Waals surface area contributed by atoms with Crippen molar-refractivity contribution in [2.75, 3.05) is 27.2 Å². The number of benzene rings is 1. The van der Waals surface area contributed by atoms with Crippen molar-refractivity contribution in [2.45, 2.75) is 86.4 Å². The molecule has 0 amide bonds. The Hall–Kier alpha value is -1.59. The van der Waals surface area contributed by atoms with Gasteiger partial charge in [-0.2, -0.15) is 0 Å². The van der Waals surface area contributed by atoms with E-state index >= 15 is 0 Å². The van der Waals surface area contributed by atoms with Crippen LogP contribution >= 0.6 is 0 Å². The van der Waals surface area contributed by atoms with E-state index < -0.39 is 66.6 Å². The van der Waals surface area contributed by atoms with E-state index in [1.54, 1.807) is 21.0 Å². The Labute approximate surface area is 218 Å². The summed E-state index contributed by atoms with van der Waals surface area (Å²) in [5, 5.41) is 53.8. The molecule has 3 unspecified atom stereocenters. The van der Waals surface area contributed by atoms with Crippen LogP contribution in [0, 0.1) is 0 Å². The van der Waals surface area contributed by atoms with Gasteiger partial charge in [0.15, 0.2) is 0 Å². The lowest BCUT2D eigenvalue weighted by atomic mass is 9.77. The van der Waals surface area contributed by atoms with Gasteiger partial charge in [0.1, 0.15) is 29.7 Å². The minimum Gasteiger partial charge on any atom is -0.406 e. The molecule has 14 heteroatoms. The lowest BCUT2D eigenvalue weighted by Gasteiger charge is -2.60. The van der Waals surface area contributed by atoms with Gasteiger partial charge in [-0.25, -0.2) is 0 Å². The maximum atomic E-state index is 12.3. The number of hydrogen-bond acceptors (Lipinski definition) is 11. The summed E-state index contributed by atoms with van der Waals surface area (Å²) >= 11 is 0. The average molecular weight is 552 g/mol. The molecule has 0 radical (unpaired) electrons. The van der Waals surface area contributed by atoms with Crippen LogP contribution in [0.4, 0.5) is 13.2 Å². The minimum absolute atomic E-state index is 0.00824. The lowest BCUT2D eigenvalue weighted by Crippen LogP contribution is -2.81. The first-order valence-electron chi connectivity index (χ1n) is 12.5. The summed E-state index contributed by atoms with van der Waals surface area (Å²) in [7, 11) is 3.20. The summed E-state index contributed by atoms with van der Waals surface area (Å²) in [5.74, 6) is -2.65. The smallest absolute Gasteiger partial charge is 0.406 e. The van der Waals surface area contributed by atoms with Gasteiger partial charge >= 0.3 is 6.36 Å². The molecule has 10 atom stereocenters. The number of aliphatic hydroxyl groups excluding tert-OH is 2. The third-order valence-corrected chi connectivity index (χ3v) is 7.51. The molecule has 1 aromatic rings. The number of alkyl halides is 3. The van der Waals surface area contributed by atoms with Gasteiger partial charge in [-0.3, -0.25) is 0 Å². The summed E-state index contributed by atoms with van der Waals surface area (Å²) in [4.78, 5) is 0. The molecular formula is C24H36F3N3O8. The molecule has 4 rings (SSSR count). The first-order valence-corrected chi connectivity index (χ1v) is 12.5. The maximum Gasteiger partial charge on any atom is 0.573 e. The van der Waals surface area contributed by atoms with Gasteiger partial charge in [0.25, 0.3) is 0 Å². The Kier molecular flexibility index (Phi) is 8.60. The van der Waals surface area contributed by atoms with E-state index in [-0.39, 0.29) is 18.7 Å². The second-order valence-corrected chi connectivity index (χ2v) is 10.1. The number of fused-ring (bicyclic) bond motifs is 2. The molecule has 0 bridgehead atoms. The van der Waals surface area contributed by atoms with Crippen molar-refractivity contribution >= 4 is 0 Å². The van der Waals surface area contributed by atoms with Crippen LogP contribution < -0.4 is 20.7 Å². The van der Waals surface area contributed by atoms with Gasteiger partial charge < -0.3 is 55.3 Å². The van der Waals surface area contributed by atoms with Gasteiger partial charge in [-0.15, -0.1) is 13.2 Å². The number of rotatable bonds is 8. The zero-order valence-corrected chi connectivity index (χ0v) is 21.3. The molecule has 38 heavy (non-hydrogen) atoms. The van der Waals surface area contributed by atoms with Crippen LogP contribution in [-0.2, 0) is 20.6 Å². The largest absolute Gasteiger partial charge is 0.573 e. The highest BCUT2D eigenvalue weighted by Gasteiger charge is 2.68. The van der Waals surface area contributed by atoms with E-state index in [9.17, 15) is 33.6 Å². The van der Waals surface area contributed by atoms with E-state index in [0.29, 0.717) is 13.0 Å². The average Bonchev–Trinajstić information content (AvgIpc) is 2.83. The highest BCUT2D eigenvalue weighted by molar-refractivity contribution is 5.27. The Balaban J connectivity index is 1.43. The van der Waals surface area contributed by atoms with Crippen molar-refractivity contribution < 1.29 is 52.5 Å². The molecule has 3 aliphatic rings. The van der Waals surface area contributed by atoms with Gasteiger partial charge in [0.05, 0.1) is 24.3 Å². The number of hydrogen-bond donors (Lipinski definition) is 7. The molecule has 7 N–H and O–H groups in total. The zero-order chi connectivity index (χ0) is 27.9. The first-order chi connectivity index (χ1) is 17.8. The van der Waals surface area contributed by atoms with E-state index in [0.717, 1.165) is 5.56 Å². The van der Waals surface area contributed by atoms with Gasteiger partial charge in [-0.1, -0.05) is 12.1 Å². The van der Waals surface area contributed by atoms with E-state index in [4.69, 9.17) is 14.2 Å². The molecule has 2 saturated heterocycles. The quantitative estimate of drug-likeness (QED) is 0.199. The molecular weight excluding hydrogens is 515 g/mol. The molecule has 2 aliphatic heterocycles. The predicted octanol–water partition coefficient (Wildman–Crippen LogP) is -1.03. The van der Waals surface area contributed by atoms with Crippen molar-refractivity contribution in [3.8, 4) is 5.75 Å². The van der Waals surface area contributed by atoms with Crippen LogP contribution in [0.15, 0.2) is 24.3 Å². The molecule has 2 heterocycles. The molecule has 1 aliphatic carbocycles. The van der Waals surface area contributed by atoms with E-state index in [1.807, 2.05) is 0 Å². The Morgan fingerprint density at radius 3 is 2.26 bits per heavy atom. The highest BCUT2D eigenvalue weighted by atomic mass is 19.4. The third kappa shape index (κ3) is 5.66. The molecule has 216 valence electrons. The number of nitrogens with one attached hydrogen (secondary N) is 3. The normalized spacial score (nSPS) is 41.3. The standard InChI is InChI=1S/C24H36F3N3O8/c1-12-10-22(33,11-30-9-8-13-4-6-14(7-5-13)37-24(25,26)27)23(34)21(35-12)36-20-18(32)15(28-2)17(31)16(29-3)19(20)38-23/h4-7,12,15-21,28-34H,8-11H2,1-3H3/t12-,15-,16+,17+,18+,19?,20?,21+,22?,23-/m1/s1. The van der Waals surface area contributed by atoms with Crippen LogP contribution in [0.1, 0.15) is 18.9 Å². The topological polar surface area (TPSA) is 154 Å². The summed E-state index contributed by atoms with van der Waals surface area (Å²) in [5.41, 5.74) is -1.14. The highest BCUT2D eigenvalue weighted by Crippen LogP contribution is 2.46. The third-order valence-electron chi connectivity index (χ3n) is 7.51. The second kappa shape index (κ2) is 11.1. The van der Waals surface area contributed by atoms with Crippen molar-refractivity contribution in [1.82, 2.24) is 16.0 Å². The molecule has 0 spiro atoms. The van der Waals surface area contributed by atoms with Crippen LogP contribution in [0.3, 0.4) is 0 Å². The molecule has 1 saturated carbocycles. The fraction of sp³-hybridized carbons (Fsp3) is 0.750. The van der Waals surface area contributed by atoms with Gasteiger partial charge in [0, 0.05) is 13.0 Å². The molecule has 1 aromatic carbocycles. The Morgan fingerprint density at radius 1 is 1.00 bits per heavy atom. The number of aliphatic hydroxyl groups is 4. The van der Waals surface area contributed by atoms with Crippen LogP contribution in [0.2, 0.25) is 0 Å². The van der Waals surface area contributed by atoms with Crippen molar-refractivity contribution in [1.29, 1.82) is 0 Å². The summed E-state index contributed by atoms with van der Waals surface area (Å²) < 4.78 is 58.7. The Morgan fingerprint density at radius 2 is 1.66 bits per heavy atom. The molecule has 11 nitrogen and oxygen atoms in total. The summed E-state index contributed by atoms with van der Waals surface area (Å²) in [6, 6.07) is 3.97. The summed E-state index contributed by atoms with van der Waals surface area (Å²) in [6.45, 7) is 1.90. The van der Waals surface area contributed by atoms with Crippen molar-refractivity contribution in [3.63, 3.8) is 0 Å². The van der Waals surface area contributed by atoms with Crippen LogP contribution in [0.25, 0.3) is 0 Å². The van der Waals surface area contributed by atoms with Crippen LogP contribution in [-0.4, -0.2) is 114 Å². The fourth-order valence-corrected chi connectivity index (χ4v) is 5.61. The monoisotopic (exact) mass is 551 g/mol. The number of ether oxygens (including phenoxy) is 4. The second-order valence-electron chi connectivity index (χ2n) is 10.1. The summed E-state index contributed by atoms with van der Waals surface area (Å²) in [6.07, 6.45) is -10.6. The lowest BCUT2D eigenvalue weighted by molar-refractivity contribution is -0.482. The van der Waals surface area contributed by atoms with Crippen molar-refractivity contribution in [3.05, 3.63) is 29.8 Å². The Bertz CT molecular complexity index is 943. The molecule has 0 aromatic heterocycles. The molecule has 3 fully saturated rings. The van der Waals surface area contributed by atoms with Crippen LogP contribution in [0.5, 0.6) is 5.75 Å². The van der Waals surface area contributed by atoms with Crippen molar-refractivity contribution in [2.24, 2.45) is 0 Å². The first kappa shape index (κ1) is 29.4. The minimum atomic E-state index is -4.77. The van der Waals surface area contributed by atoms with E-state index in [2.05, 4.69) is 20.7 Å². The fourth-order valence-electron chi connectivity index (χ4n) is 5.61.